The Morgan fingerprint density at radius 2 is 1.63 bits per heavy atom. The fraction of sp³-hybridized carbons (Fsp3) is 0.0588. The summed E-state index contributed by atoms with van der Waals surface area (Å²) >= 11 is 2.15. The molecular formula is C17H12FN3O4S2. The molecule has 0 bridgehead atoms. The van der Waals surface area contributed by atoms with Gasteiger partial charge in [0.05, 0.1) is 14.7 Å². The fourth-order valence-corrected chi connectivity index (χ4v) is 4.02. The topological polar surface area (TPSA) is 101 Å². The van der Waals surface area contributed by atoms with Gasteiger partial charge < -0.3 is 0 Å². The molecule has 2 aromatic heterocycles. The van der Waals surface area contributed by atoms with Gasteiger partial charge >= 0.3 is 0 Å². The van der Waals surface area contributed by atoms with E-state index in [-0.39, 0.29) is 16.4 Å². The van der Waals surface area contributed by atoms with Crippen LogP contribution in [-0.2, 0) is 0 Å². The number of nitro groups is 1. The standard InChI is InChI=1S/C17H12FN3O4S2/c1-9-12(21(24)25)8-15(26-9)17(23)20-19-16(22)14-7-6-13(27-14)10-2-4-11(18)5-3-10/h2-8H,1H3,(H,19,22)(H,20,23). The summed E-state index contributed by atoms with van der Waals surface area (Å²) in [5.74, 6) is -1.51. The lowest BCUT2D eigenvalue weighted by Crippen LogP contribution is -2.41. The monoisotopic (exact) mass is 405 g/mol. The smallest absolute Gasteiger partial charge is 0.266 e. The molecule has 3 aromatic rings. The number of hydrazine groups is 1. The molecule has 0 aliphatic carbocycles. The van der Waals surface area contributed by atoms with Gasteiger partial charge in [-0.3, -0.25) is 30.6 Å². The fourth-order valence-electron chi connectivity index (χ4n) is 2.23. The van der Waals surface area contributed by atoms with Crippen LogP contribution in [0.4, 0.5) is 10.1 Å². The van der Waals surface area contributed by atoms with Gasteiger partial charge in [-0.2, -0.15) is 0 Å². The molecule has 0 saturated heterocycles. The minimum atomic E-state index is -0.639. The van der Waals surface area contributed by atoms with Crippen LogP contribution in [0.2, 0.25) is 0 Å². The molecule has 7 nitrogen and oxygen atoms in total. The van der Waals surface area contributed by atoms with E-state index in [4.69, 9.17) is 0 Å². The Morgan fingerprint density at radius 1 is 1.00 bits per heavy atom. The van der Waals surface area contributed by atoms with Gasteiger partial charge in [0, 0.05) is 10.9 Å². The molecule has 0 aliphatic rings. The molecule has 3 rings (SSSR count). The van der Waals surface area contributed by atoms with Gasteiger partial charge in [-0.1, -0.05) is 12.1 Å². The highest BCUT2D eigenvalue weighted by molar-refractivity contribution is 7.17. The van der Waals surface area contributed by atoms with Gasteiger partial charge in [0.25, 0.3) is 17.5 Å². The number of hydrogen-bond donors (Lipinski definition) is 2. The number of halogens is 1. The lowest BCUT2D eigenvalue weighted by atomic mass is 10.2. The predicted molar refractivity (Wildman–Crippen MR) is 100 cm³/mol. The van der Waals surface area contributed by atoms with Crippen molar-refractivity contribution in [1.82, 2.24) is 10.9 Å². The summed E-state index contributed by atoms with van der Waals surface area (Å²) in [7, 11) is 0. The zero-order valence-electron chi connectivity index (χ0n) is 13.8. The highest BCUT2D eigenvalue weighted by atomic mass is 32.1. The van der Waals surface area contributed by atoms with Gasteiger partial charge in [-0.25, -0.2) is 4.39 Å². The zero-order valence-corrected chi connectivity index (χ0v) is 15.4. The third kappa shape index (κ3) is 4.18. The van der Waals surface area contributed by atoms with Gasteiger partial charge in [-0.15, -0.1) is 22.7 Å². The van der Waals surface area contributed by atoms with E-state index in [1.165, 1.54) is 29.5 Å². The van der Waals surface area contributed by atoms with Crippen molar-refractivity contribution in [3.05, 3.63) is 73.0 Å². The first-order chi connectivity index (χ1) is 12.8. The van der Waals surface area contributed by atoms with Crippen LogP contribution in [-0.4, -0.2) is 16.7 Å². The first-order valence-electron chi connectivity index (χ1n) is 7.56. The lowest BCUT2D eigenvalue weighted by Gasteiger charge is -2.04. The van der Waals surface area contributed by atoms with Crippen LogP contribution >= 0.6 is 22.7 Å². The molecule has 0 atom stereocenters. The van der Waals surface area contributed by atoms with E-state index in [1.807, 2.05) is 0 Å². The van der Waals surface area contributed by atoms with Crippen molar-refractivity contribution >= 4 is 40.2 Å². The molecule has 0 saturated carbocycles. The van der Waals surface area contributed by atoms with Crippen LogP contribution in [0.1, 0.15) is 24.2 Å². The maximum absolute atomic E-state index is 13.0. The van der Waals surface area contributed by atoms with Crippen LogP contribution < -0.4 is 10.9 Å². The molecule has 2 amide bonds. The number of benzene rings is 1. The highest BCUT2D eigenvalue weighted by Gasteiger charge is 2.20. The van der Waals surface area contributed by atoms with Crippen molar-refractivity contribution in [3.63, 3.8) is 0 Å². The van der Waals surface area contributed by atoms with Gasteiger partial charge in [0.2, 0.25) is 0 Å². The number of amides is 2. The Kier molecular flexibility index (Phi) is 5.28. The van der Waals surface area contributed by atoms with Crippen LogP contribution in [0.25, 0.3) is 10.4 Å². The van der Waals surface area contributed by atoms with E-state index < -0.39 is 16.7 Å². The number of carbonyl (C=O) groups excluding carboxylic acids is 2. The molecule has 2 heterocycles. The Morgan fingerprint density at radius 3 is 2.22 bits per heavy atom. The second-order valence-corrected chi connectivity index (χ2v) is 7.73. The van der Waals surface area contributed by atoms with Crippen molar-refractivity contribution in [2.24, 2.45) is 0 Å². The van der Waals surface area contributed by atoms with E-state index in [9.17, 15) is 24.1 Å². The maximum atomic E-state index is 13.0. The average Bonchev–Trinajstić information content (AvgIpc) is 3.27. The second kappa shape index (κ2) is 7.64. The highest BCUT2D eigenvalue weighted by Crippen LogP contribution is 2.29. The summed E-state index contributed by atoms with van der Waals surface area (Å²) in [6.45, 7) is 1.54. The number of thiophene rings is 2. The lowest BCUT2D eigenvalue weighted by molar-refractivity contribution is -0.385. The largest absolute Gasteiger partial charge is 0.283 e. The molecule has 10 heteroatoms. The summed E-state index contributed by atoms with van der Waals surface area (Å²) in [6, 6.07) is 10.4. The minimum absolute atomic E-state index is 0.123. The molecule has 0 radical (unpaired) electrons. The van der Waals surface area contributed by atoms with Crippen LogP contribution in [0.15, 0.2) is 42.5 Å². The van der Waals surface area contributed by atoms with E-state index in [0.29, 0.717) is 9.75 Å². The molecule has 0 unspecified atom stereocenters. The maximum Gasteiger partial charge on any atom is 0.283 e. The summed E-state index contributed by atoms with van der Waals surface area (Å²) < 4.78 is 13.0. The summed E-state index contributed by atoms with van der Waals surface area (Å²) in [5, 5.41) is 10.8. The van der Waals surface area contributed by atoms with Crippen LogP contribution in [0.3, 0.4) is 0 Å². The molecule has 0 fully saturated rings. The summed E-state index contributed by atoms with van der Waals surface area (Å²) in [5.41, 5.74) is 5.15. The Balaban J connectivity index is 1.64. The number of nitrogens with one attached hydrogen (secondary N) is 2. The average molecular weight is 405 g/mol. The number of hydrogen-bond acceptors (Lipinski definition) is 6. The van der Waals surface area contributed by atoms with Crippen LogP contribution in [0, 0.1) is 22.9 Å². The predicted octanol–water partition coefficient (Wildman–Crippen LogP) is 3.91. The van der Waals surface area contributed by atoms with Crippen LogP contribution in [0.5, 0.6) is 0 Å². The minimum Gasteiger partial charge on any atom is -0.266 e. The molecular weight excluding hydrogens is 393 g/mol. The summed E-state index contributed by atoms with van der Waals surface area (Å²) in [6.07, 6.45) is 0. The van der Waals surface area contributed by atoms with Crippen molar-refractivity contribution in [2.75, 3.05) is 0 Å². The van der Waals surface area contributed by atoms with E-state index >= 15 is 0 Å². The molecule has 138 valence electrons. The Bertz CT molecular complexity index is 1030. The normalized spacial score (nSPS) is 10.4. The first kappa shape index (κ1) is 18.7. The molecule has 2 N–H and O–H groups in total. The summed E-state index contributed by atoms with van der Waals surface area (Å²) in [4.78, 5) is 36.2. The van der Waals surface area contributed by atoms with Gasteiger partial charge in [0.1, 0.15) is 10.7 Å². The third-order valence-corrected chi connectivity index (χ3v) is 5.73. The van der Waals surface area contributed by atoms with E-state index in [2.05, 4.69) is 10.9 Å². The number of aryl methyl sites for hydroxylation is 1. The first-order valence-corrected chi connectivity index (χ1v) is 9.19. The van der Waals surface area contributed by atoms with Crippen molar-refractivity contribution in [3.8, 4) is 10.4 Å². The zero-order chi connectivity index (χ0) is 19.6. The van der Waals surface area contributed by atoms with E-state index in [0.717, 1.165) is 21.8 Å². The molecule has 0 aliphatic heterocycles. The third-order valence-electron chi connectivity index (χ3n) is 3.56. The molecule has 27 heavy (non-hydrogen) atoms. The molecule has 0 spiro atoms. The number of nitrogens with zero attached hydrogens (tertiary/aromatic N) is 1. The Labute approximate surface area is 160 Å². The van der Waals surface area contributed by atoms with Crippen molar-refractivity contribution in [1.29, 1.82) is 0 Å². The van der Waals surface area contributed by atoms with Gasteiger partial charge in [0.15, 0.2) is 0 Å². The quantitative estimate of drug-likeness (QED) is 0.508. The number of rotatable bonds is 4. The SMILES string of the molecule is Cc1sc(C(=O)NNC(=O)c2ccc(-c3ccc(F)cc3)s2)cc1[N+](=O)[O-]. The van der Waals surface area contributed by atoms with E-state index in [1.54, 1.807) is 31.2 Å². The Hall–Kier alpha value is -3.11. The van der Waals surface area contributed by atoms with Crippen molar-refractivity contribution < 1.29 is 18.9 Å². The number of carbonyl (C=O) groups is 2. The second-order valence-electron chi connectivity index (χ2n) is 5.39. The van der Waals surface area contributed by atoms with Gasteiger partial charge in [-0.05, 0) is 36.8 Å². The van der Waals surface area contributed by atoms with Crippen molar-refractivity contribution in [2.45, 2.75) is 6.92 Å². The molecule has 1 aromatic carbocycles.